The second-order valence-corrected chi connectivity index (χ2v) is 7.10. The number of carbonyl (C=O) groups is 1. The van der Waals surface area contributed by atoms with Crippen molar-refractivity contribution >= 4 is 35.0 Å². The number of hydrogen-bond donors (Lipinski definition) is 1. The molecule has 0 unspecified atom stereocenters. The number of nitrogens with one attached hydrogen (secondary N) is 1. The number of benzene rings is 2. The lowest BCUT2D eigenvalue weighted by molar-refractivity contribution is -0.113. The lowest BCUT2D eigenvalue weighted by Gasteiger charge is -2.08. The molecular weight excluding hydrogens is 342 g/mol. The van der Waals surface area contributed by atoms with Crippen molar-refractivity contribution < 1.29 is 9.53 Å². The Morgan fingerprint density at radius 1 is 1.12 bits per heavy atom. The van der Waals surface area contributed by atoms with Crippen molar-refractivity contribution in [1.82, 2.24) is 0 Å². The maximum absolute atomic E-state index is 11.9. The summed E-state index contributed by atoms with van der Waals surface area (Å²) in [5, 5.41) is 3.63. The van der Waals surface area contributed by atoms with Gasteiger partial charge in [0.2, 0.25) is 5.91 Å². The molecule has 0 aliphatic rings. The number of carbonyl (C=O) groups excluding carboxylic acids is 1. The molecule has 0 bridgehead atoms. The maximum atomic E-state index is 11.9. The summed E-state index contributed by atoms with van der Waals surface area (Å²) in [5.41, 5.74) is 3.26. The van der Waals surface area contributed by atoms with Crippen molar-refractivity contribution in [3.05, 3.63) is 58.6 Å². The minimum Gasteiger partial charge on any atom is -0.494 e. The zero-order valence-electron chi connectivity index (χ0n) is 14.0. The largest absolute Gasteiger partial charge is 0.494 e. The first-order valence-corrected chi connectivity index (χ1v) is 9.41. The second kappa shape index (κ2) is 9.60. The Morgan fingerprint density at radius 2 is 1.88 bits per heavy atom. The summed E-state index contributed by atoms with van der Waals surface area (Å²) in [5.74, 6) is 2.18. The van der Waals surface area contributed by atoms with Crippen molar-refractivity contribution in [2.24, 2.45) is 0 Å². The van der Waals surface area contributed by atoms with Crippen LogP contribution in [0.2, 0.25) is 5.02 Å². The van der Waals surface area contributed by atoms with E-state index in [0.717, 1.165) is 23.6 Å². The van der Waals surface area contributed by atoms with Gasteiger partial charge >= 0.3 is 0 Å². The molecule has 0 fully saturated rings. The predicted molar refractivity (Wildman–Crippen MR) is 103 cm³/mol. The van der Waals surface area contributed by atoms with Gasteiger partial charge in [-0.3, -0.25) is 4.79 Å². The molecule has 5 heteroatoms. The molecule has 0 saturated carbocycles. The first-order valence-electron chi connectivity index (χ1n) is 7.88. The topological polar surface area (TPSA) is 38.3 Å². The summed E-state index contributed by atoms with van der Waals surface area (Å²) in [6, 6.07) is 13.3. The van der Waals surface area contributed by atoms with Crippen molar-refractivity contribution in [2.75, 3.05) is 23.4 Å². The lowest BCUT2D eigenvalue weighted by atomic mass is 10.1. The number of rotatable bonds is 8. The fourth-order valence-corrected chi connectivity index (χ4v) is 2.91. The molecule has 3 nitrogen and oxygen atoms in total. The second-order valence-electron chi connectivity index (χ2n) is 5.56. The van der Waals surface area contributed by atoms with Gasteiger partial charge in [-0.25, -0.2) is 0 Å². The monoisotopic (exact) mass is 363 g/mol. The maximum Gasteiger partial charge on any atom is 0.234 e. The van der Waals surface area contributed by atoms with Gasteiger partial charge in [0.25, 0.3) is 0 Å². The SMILES string of the molecule is Cc1ccc(NC(=O)CSCCCOc2ccc(Cl)cc2)cc1C. The number of amides is 1. The molecule has 0 atom stereocenters. The molecule has 128 valence electrons. The average molecular weight is 364 g/mol. The third-order valence-corrected chi connectivity index (χ3v) is 4.83. The Balaban J connectivity index is 1.59. The Bertz CT molecular complexity index is 674. The van der Waals surface area contributed by atoms with Crippen LogP contribution in [0.4, 0.5) is 5.69 Å². The van der Waals surface area contributed by atoms with E-state index in [2.05, 4.69) is 12.2 Å². The van der Waals surface area contributed by atoms with E-state index in [4.69, 9.17) is 16.3 Å². The van der Waals surface area contributed by atoms with Gasteiger partial charge in [-0.1, -0.05) is 17.7 Å². The van der Waals surface area contributed by atoms with Gasteiger partial charge in [-0.2, -0.15) is 11.8 Å². The van der Waals surface area contributed by atoms with Gasteiger partial charge in [-0.15, -0.1) is 0 Å². The highest BCUT2D eigenvalue weighted by Gasteiger charge is 2.04. The molecule has 0 radical (unpaired) electrons. The zero-order chi connectivity index (χ0) is 17.4. The summed E-state index contributed by atoms with van der Waals surface area (Å²) >= 11 is 7.43. The molecule has 1 amide bonds. The van der Waals surface area contributed by atoms with Crippen LogP contribution in [-0.4, -0.2) is 24.0 Å². The lowest BCUT2D eigenvalue weighted by Crippen LogP contribution is -2.14. The molecule has 2 aromatic carbocycles. The third kappa shape index (κ3) is 6.46. The fraction of sp³-hybridized carbons (Fsp3) is 0.316. The highest BCUT2D eigenvalue weighted by Crippen LogP contribution is 2.16. The van der Waals surface area contributed by atoms with Gasteiger partial charge in [0.15, 0.2) is 0 Å². The van der Waals surface area contributed by atoms with Crippen LogP contribution >= 0.6 is 23.4 Å². The number of thioether (sulfide) groups is 1. The molecule has 1 N–H and O–H groups in total. The Hall–Kier alpha value is -1.65. The van der Waals surface area contributed by atoms with Crippen LogP contribution in [0.1, 0.15) is 17.5 Å². The van der Waals surface area contributed by atoms with Crippen LogP contribution in [0.15, 0.2) is 42.5 Å². The van der Waals surface area contributed by atoms with Gasteiger partial charge in [0.1, 0.15) is 5.75 Å². The van der Waals surface area contributed by atoms with Gasteiger partial charge in [-0.05, 0) is 73.5 Å². The molecular formula is C19H22ClNO2S. The third-order valence-electron chi connectivity index (χ3n) is 3.54. The predicted octanol–water partition coefficient (Wildman–Crippen LogP) is 5.10. The minimum atomic E-state index is 0.0295. The molecule has 0 spiro atoms. The quantitative estimate of drug-likeness (QED) is 0.663. The molecule has 0 aliphatic carbocycles. The summed E-state index contributed by atoms with van der Waals surface area (Å²) in [4.78, 5) is 11.9. The normalized spacial score (nSPS) is 10.5. The highest BCUT2D eigenvalue weighted by molar-refractivity contribution is 7.99. The van der Waals surface area contributed by atoms with Crippen LogP contribution in [0.5, 0.6) is 5.75 Å². The van der Waals surface area contributed by atoms with Crippen LogP contribution in [0, 0.1) is 13.8 Å². The van der Waals surface area contributed by atoms with Crippen molar-refractivity contribution in [1.29, 1.82) is 0 Å². The summed E-state index contributed by atoms with van der Waals surface area (Å²) < 4.78 is 5.62. The highest BCUT2D eigenvalue weighted by atomic mass is 35.5. The van der Waals surface area contributed by atoms with E-state index in [1.54, 1.807) is 11.8 Å². The zero-order valence-corrected chi connectivity index (χ0v) is 15.5. The first-order chi connectivity index (χ1) is 11.5. The average Bonchev–Trinajstić information content (AvgIpc) is 2.56. The smallest absolute Gasteiger partial charge is 0.234 e. The molecule has 0 heterocycles. The van der Waals surface area contributed by atoms with Gasteiger partial charge in [0.05, 0.1) is 12.4 Å². The molecule has 2 rings (SSSR count). The number of aryl methyl sites for hydroxylation is 2. The van der Waals surface area contributed by atoms with E-state index < -0.39 is 0 Å². The minimum absolute atomic E-state index is 0.0295. The number of hydrogen-bond acceptors (Lipinski definition) is 3. The van der Waals surface area contributed by atoms with Crippen molar-refractivity contribution in [2.45, 2.75) is 20.3 Å². The Kier molecular flexibility index (Phi) is 7.47. The number of halogens is 1. The van der Waals surface area contributed by atoms with E-state index in [9.17, 15) is 4.79 Å². The van der Waals surface area contributed by atoms with E-state index in [0.29, 0.717) is 17.4 Å². The van der Waals surface area contributed by atoms with E-state index in [-0.39, 0.29) is 5.91 Å². The number of anilines is 1. The molecule has 24 heavy (non-hydrogen) atoms. The first kappa shape index (κ1) is 18.7. The van der Waals surface area contributed by atoms with Crippen molar-refractivity contribution in [3.8, 4) is 5.75 Å². The standard InChI is InChI=1S/C19H22ClNO2S/c1-14-4-7-17(12-15(14)2)21-19(22)13-24-11-3-10-23-18-8-5-16(20)6-9-18/h4-9,12H,3,10-11,13H2,1-2H3,(H,21,22). The molecule has 0 aliphatic heterocycles. The Labute approximate surface area is 152 Å². The fourth-order valence-electron chi connectivity index (χ4n) is 2.06. The molecule has 0 saturated heterocycles. The summed E-state index contributed by atoms with van der Waals surface area (Å²) in [6.45, 7) is 4.73. The van der Waals surface area contributed by atoms with E-state index >= 15 is 0 Å². The van der Waals surface area contributed by atoms with Crippen LogP contribution in [0.3, 0.4) is 0 Å². The summed E-state index contributed by atoms with van der Waals surface area (Å²) in [7, 11) is 0. The Morgan fingerprint density at radius 3 is 2.58 bits per heavy atom. The molecule has 2 aromatic rings. The van der Waals surface area contributed by atoms with Gasteiger partial charge in [0, 0.05) is 10.7 Å². The molecule has 0 aromatic heterocycles. The van der Waals surface area contributed by atoms with Crippen LogP contribution in [-0.2, 0) is 4.79 Å². The van der Waals surface area contributed by atoms with E-state index in [1.807, 2.05) is 49.4 Å². The van der Waals surface area contributed by atoms with Crippen LogP contribution < -0.4 is 10.1 Å². The van der Waals surface area contributed by atoms with E-state index in [1.165, 1.54) is 11.1 Å². The number of ether oxygens (including phenoxy) is 1. The van der Waals surface area contributed by atoms with Gasteiger partial charge < -0.3 is 10.1 Å². The summed E-state index contributed by atoms with van der Waals surface area (Å²) in [6.07, 6.45) is 0.893. The van der Waals surface area contributed by atoms with Crippen molar-refractivity contribution in [3.63, 3.8) is 0 Å². The van der Waals surface area contributed by atoms with Crippen LogP contribution in [0.25, 0.3) is 0 Å².